The second-order valence-electron chi connectivity index (χ2n) is 6.13. The van der Waals surface area contributed by atoms with Crippen LogP contribution < -0.4 is 10.6 Å². The van der Waals surface area contributed by atoms with Crippen LogP contribution in [0.3, 0.4) is 0 Å². The van der Waals surface area contributed by atoms with Gasteiger partial charge in [0.1, 0.15) is 0 Å². The van der Waals surface area contributed by atoms with E-state index in [-0.39, 0.29) is 6.03 Å². The van der Waals surface area contributed by atoms with E-state index in [1.165, 1.54) is 16.3 Å². The van der Waals surface area contributed by atoms with Crippen molar-refractivity contribution in [2.24, 2.45) is 0 Å². The van der Waals surface area contributed by atoms with Gasteiger partial charge < -0.3 is 5.32 Å². The predicted octanol–water partition coefficient (Wildman–Crippen LogP) is 5.38. The number of carbonyl (C=O) groups is 1. The van der Waals surface area contributed by atoms with Gasteiger partial charge in [0.25, 0.3) is 0 Å². The van der Waals surface area contributed by atoms with Crippen molar-refractivity contribution in [2.45, 2.75) is 6.54 Å². The number of halogens is 1. The minimum absolute atomic E-state index is 0.368. The van der Waals surface area contributed by atoms with Gasteiger partial charge in [-0.3, -0.25) is 10.00 Å². The summed E-state index contributed by atoms with van der Waals surface area (Å²) in [4.78, 5) is 12.1. The van der Waals surface area contributed by atoms with Gasteiger partial charge in [0.05, 0.1) is 6.54 Å². The molecule has 2 N–H and O–H groups in total. The fourth-order valence-electron chi connectivity index (χ4n) is 2.97. The average molecular weight is 377 g/mol. The van der Waals surface area contributed by atoms with Crippen LogP contribution in [0.1, 0.15) is 5.56 Å². The molecule has 1 aromatic heterocycles. The number of fused-ring (bicyclic) bond motifs is 1. The van der Waals surface area contributed by atoms with E-state index in [1.54, 1.807) is 35.0 Å². The number of urea groups is 1. The molecule has 0 fully saturated rings. The highest BCUT2D eigenvalue weighted by Gasteiger charge is 2.07. The Morgan fingerprint density at radius 3 is 2.67 bits per heavy atom. The Bertz CT molecular complexity index is 1100. The summed E-state index contributed by atoms with van der Waals surface area (Å²) in [6.07, 6.45) is 1.84. The zero-order valence-corrected chi connectivity index (χ0v) is 15.1. The van der Waals surface area contributed by atoms with Gasteiger partial charge in [-0.1, -0.05) is 60.1 Å². The lowest BCUT2D eigenvalue weighted by atomic mass is 10.0. The molecular formula is C21H17ClN4O. The van der Waals surface area contributed by atoms with E-state index in [1.807, 2.05) is 24.4 Å². The highest BCUT2D eigenvalue weighted by Crippen LogP contribution is 2.20. The van der Waals surface area contributed by atoms with Crippen LogP contribution in [0.5, 0.6) is 0 Å². The fraction of sp³-hybridized carbons (Fsp3) is 0.0476. The van der Waals surface area contributed by atoms with Crippen molar-refractivity contribution in [1.82, 2.24) is 9.78 Å². The largest absolute Gasteiger partial charge is 0.324 e. The van der Waals surface area contributed by atoms with Crippen LogP contribution in [0.2, 0.25) is 5.02 Å². The number of aromatic nitrogens is 2. The van der Waals surface area contributed by atoms with Crippen molar-refractivity contribution < 1.29 is 4.79 Å². The molecule has 4 aromatic rings. The maximum atomic E-state index is 12.1. The van der Waals surface area contributed by atoms with Gasteiger partial charge in [0, 0.05) is 23.0 Å². The van der Waals surface area contributed by atoms with Crippen LogP contribution in [-0.2, 0) is 6.54 Å². The van der Waals surface area contributed by atoms with Crippen molar-refractivity contribution in [2.75, 3.05) is 10.6 Å². The molecule has 0 aliphatic rings. The van der Waals surface area contributed by atoms with Crippen molar-refractivity contribution in [3.63, 3.8) is 0 Å². The predicted molar refractivity (Wildman–Crippen MR) is 109 cm³/mol. The van der Waals surface area contributed by atoms with Crippen LogP contribution in [-0.4, -0.2) is 15.8 Å². The standard InChI is InChI=1S/C21H17ClN4O/c22-17-8-4-9-18(13-17)23-21(27)24-20-11-12-26(25-20)14-16-7-3-6-15-5-1-2-10-19(15)16/h1-13H,14H2,(H2,23,24,25,27). The van der Waals surface area contributed by atoms with Crippen LogP contribution in [0, 0.1) is 0 Å². The van der Waals surface area contributed by atoms with Crippen LogP contribution in [0.15, 0.2) is 79.0 Å². The van der Waals surface area contributed by atoms with E-state index in [2.05, 4.69) is 40.0 Å². The highest BCUT2D eigenvalue weighted by molar-refractivity contribution is 6.30. The van der Waals surface area contributed by atoms with Gasteiger partial charge in [0.2, 0.25) is 0 Å². The number of amides is 2. The molecule has 0 radical (unpaired) electrons. The van der Waals surface area contributed by atoms with E-state index in [0.717, 1.165) is 0 Å². The van der Waals surface area contributed by atoms with E-state index in [9.17, 15) is 4.79 Å². The molecule has 4 rings (SSSR count). The van der Waals surface area contributed by atoms with Crippen LogP contribution in [0.25, 0.3) is 10.8 Å². The first-order chi connectivity index (χ1) is 13.2. The smallest absolute Gasteiger partial charge is 0.308 e. The molecule has 0 aliphatic carbocycles. The molecule has 5 nitrogen and oxygen atoms in total. The summed E-state index contributed by atoms with van der Waals surface area (Å²) in [7, 11) is 0. The van der Waals surface area contributed by atoms with E-state index in [4.69, 9.17) is 11.6 Å². The summed E-state index contributed by atoms with van der Waals surface area (Å²) in [5, 5.41) is 12.8. The van der Waals surface area contributed by atoms with E-state index < -0.39 is 0 Å². The maximum Gasteiger partial charge on any atom is 0.324 e. The Hall–Kier alpha value is -3.31. The fourth-order valence-corrected chi connectivity index (χ4v) is 3.16. The molecule has 27 heavy (non-hydrogen) atoms. The lowest BCUT2D eigenvalue weighted by molar-refractivity contribution is 0.262. The lowest BCUT2D eigenvalue weighted by Crippen LogP contribution is -2.19. The molecule has 2 amide bonds. The zero-order chi connectivity index (χ0) is 18.6. The molecule has 3 aromatic carbocycles. The molecule has 0 saturated carbocycles. The first kappa shape index (κ1) is 17.1. The highest BCUT2D eigenvalue weighted by atomic mass is 35.5. The molecule has 0 spiro atoms. The Balaban J connectivity index is 1.44. The molecule has 0 bridgehead atoms. The first-order valence-electron chi connectivity index (χ1n) is 8.51. The number of carbonyl (C=O) groups excluding carboxylic acids is 1. The van der Waals surface area contributed by atoms with E-state index >= 15 is 0 Å². The SMILES string of the molecule is O=C(Nc1cccc(Cl)c1)Nc1ccn(Cc2cccc3ccccc23)n1. The number of hydrogen-bond donors (Lipinski definition) is 2. The second kappa shape index (κ2) is 7.51. The summed E-state index contributed by atoms with van der Waals surface area (Å²) < 4.78 is 1.80. The zero-order valence-electron chi connectivity index (χ0n) is 14.4. The minimum Gasteiger partial charge on any atom is -0.308 e. The van der Waals surface area contributed by atoms with Crippen LogP contribution >= 0.6 is 11.6 Å². The Kier molecular flexibility index (Phi) is 4.77. The van der Waals surface area contributed by atoms with Crippen molar-refractivity contribution in [1.29, 1.82) is 0 Å². The first-order valence-corrected chi connectivity index (χ1v) is 8.89. The van der Waals surface area contributed by atoms with Gasteiger partial charge in [-0.25, -0.2) is 4.79 Å². The quantitative estimate of drug-likeness (QED) is 0.502. The number of nitrogens with one attached hydrogen (secondary N) is 2. The van der Waals surface area contributed by atoms with Crippen molar-refractivity contribution in [3.8, 4) is 0 Å². The number of anilines is 2. The number of rotatable bonds is 4. The van der Waals surface area contributed by atoms with Gasteiger partial charge in [-0.05, 0) is 34.5 Å². The molecule has 1 heterocycles. The Labute approximate surface area is 161 Å². The minimum atomic E-state index is -0.368. The Morgan fingerprint density at radius 1 is 0.963 bits per heavy atom. The molecular weight excluding hydrogens is 360 g/mol. The van der Waals surface area contributed by atoms with Gasteiger partial charge in [-0.2, -0.15) is 5.10 Å². The Morgan fingerprint density at radius 2 is 1.78 bits per heavy atom. The number of nitrogens with zero attached hydrogens (tertiary/aromatic N) is 2. The number of benzene rings is 3. The normalized spacial score (nSPS) is 10.7. The molecule has 0 atom stereocenters. The summed E-state index contributed by atoms with van der Waals surface area (Å²) in [5.41, 5.74) is 1.79. The lowest BCUT2D eigenvalue weighted by Gasteiger charge is -2.07. The third-order valence-electron chi connectivity index (χ3n) is 4.18. The van der Waals surface area contributed by atoms with Crippen molar-refractivity contribution >= 4 is 39.9 Å². The summed E-state index contributed by atoms with van der Waals surface area (Å²) in [6, 6.07) is 22.8. The third kappa shape index (κ3) is 4.10. The van der Waals surface area contributed by atoms with Gasteiger partial charge in [0.15, 0.2) is 5.82 Å². The molecule has 0 aliphatic heterocycles. The summed E-state index contributed by atoms with van der Waals surface area (Å²) >= 11 is 5.92. The van der Waals surface area contributed by atoms with Gasteiger partial charge >= 0.3 is 6.03 Å². The van der Waals surface area contributed by atoms with Crippen LogP contribution in [0.4, 0.5) is 16.3 Å². The van der Waals surface area contributed by atoms with Crippen molar-refractivity contribution in [3.05, 3.63) is 89.6 Å². The molecule has 134 valence electrons. The monoisotopic (exact) mass is 376 g/mol. The molecule has 0 saturated heterocycles. The summed E-state index contributed by atoms with van der Waals surface area (Å²) in [6.45, 7) is 0.624. The third-order valence-corrected chi connectivity index (χ3v) is 4.41. The molecule has 0 unspecified atom stereocenters. The molecule has 6 heteroatoms. The average Bonchev–Trinajstić information content (AvgIpc) is 3.09. The number of hydrogen-bond acceptors (Lipinski definition) is 2. The topological polar surface area (TPSA) is 59.0 Å². The summed E-state index contributed by atoms with van der Waals surface area (Å²) in [5.74, 6) is 0.481. The van der Waals surface area contributed by atoms with Gasteiger partial charge in [-0.15, -0.1) is 0 Å². The maximum absolute atomic E-state index is 12.1. The van der Waals surface area contributed by atoms with E-state index in [0.29, 0.717) is 23.1 Å². The second-order valence-corrected chi connectivity index (χ2v) is 6.56.